The van der Waals surface area contributed by atoms with Crippen molar-refractivity contribution < 1.29 is 23.2 Å². The number of benzene rings is 1. The van der Waals surface area contributed by atoms with Crippen LogP contribution in [-0.4, -0.2) is 72.3 Å². The van der Waals surface area contributed by atoms with Crippen LogP contribution in [0.4, 0.5) is 19.3 Å². The second kappa shape index (κ2) is 10.8. The monoisotopic (exact) mass is 460 g/mol. The van der Waals surface area contributed by atoms with Crippen LogP contribution in [0.2, 0.25) is 0 Å². The molecule has 2 N–H and O–H groups in total. The lowest BCUT2D eigenvalue weighted by atomic mass is 10.2. The average Bonchev–Trinajstić information content (AvgIpc) is 2.82. The second-order valence-corrected chi connectivity index (χ2v) is 7.78. The number of aryl methyl sites for hydroxylation is 1. The van der Waals surface area contributed by atoms with Gasteiger partial charge in [0.05, 0.1) is 17.8 Å². The van der Waals surface area contributed by atoms with Gasteiger partial charge in [-0.2, -0.15) is 8.78 Å². The fraction of sp³-hybridized carbons (Fsp3) is 0.364. The van der Waals surface area contributed by atoms with Crippen molar-refractivity contribution in [1.29, 1.82) is 0 Å². The quantitative estimate of drug-likeness (QED) is 0.663. The molecule has 1 aliphatic rings. The highest BCUT2D eigenvalue weighted by molar-refractivity contribution is 5.95. The minimum absolute atomic E-state index is 0.0700. The number of nitrogens with one attached hydrogen (secondary N) is 2. The third-order valence-electron chi connectivity index (χ3n) is 5.25. The predicted molar refractivity (Wildman–Crippen MR) is 118 cm³/mol. The van der Waals surface area contributed by atoms with Gasteiger partial charge < -0.3 is 9.80 Å². The topological polar surface area (TPSA) is 97.9 Å². The molecule has 11 heteroatoms. The van der Waals surface area contributed by atoms with Crippen molar-refractivity contribution in [1.82, 2.24) is 25.6 Å². The zero-order valence-electron chi connectivity index (χ0n) is 18.4. The van der Waals surface area contributed by atoms with Crippen LogP contribution < -0.4 is 15.8 Å². The van der Waals surface area contributed by atoms with Gasteiger partial charge in [0.25, 0.3) is 5.91 Å². The van der Waals surface area contributed by atoms with Crippen LogP contribution in [0.15, 0.2) is 42.6 Å². The lowest BCUT2D eigenvalue weighted by Gasteiger charge is -2.36. The number of carbonyl (C=O) groups is 3. The summed E-state index contributed by atoms with van der Waals surface area (Å²) in [6, 6.07) is 10.5. The van der Waals surface area contributed by atoms with Gasteiger partial charge in [-0.05, 0) is 38.2 Å². The third kappa shape index (κ3) is 6.45. The van der Waals surface area contributed by atoms with Gasteiger partial charge in [-0.15, -0.1) is 0 Å². The van der Waals surface area contributed by atoms with Gasteiger partial charge in [0.15, 0.2) is 0 Å². The molecule has 2 aromatic rings. The standard InChI is InChI=1S/C22H26F2N6O3/c1-15-3-7-18(8-4-15)30(22(33)29-11-9-28(2)10-12-29)14-17-6-5-16(13-25-17)20(31)26-27-21(32)19(23)24/h3-8,13,19H,9-12,14H2,1-2H3,(H,26,31)(H,27,32). The van der Waals surface area contributed by atoms with Crippen LogP contribution >= 0.6 is 0 Å². The van der Waals surface area contributed by atoms with Crippen molar-refractivity contribution in [2.24, 2.45) is 0 Å². The normalized spacial score (nSPS) is 14.2. The average molecular weight is 460 g/mol. The Labute approximate surface area is 190 Å². The molecule has 0 unspecified atom stereocenters. The van der Waals surface area contributed by atoms with E-state index >= 15 is 0 Å². The van der Waals surface area contributed by atoms with Gasteiger partial charge in [0.2, 0.25) is 0 Å². The molecule has 1 aliphatic heterocycles. The molecule has 0 atom stereocenters. The van der Waals surface area contributed by atoms with Gasteiger partial charge in [0, 0.05) is 38.1 Å². The molecule has 1 aromatic heterocycles. The van der Waals surface area contributed by atoms with Crippen molar-refractivity contribution >= 4 is 23.5 Å². The summed E-state index contributed by atoms with van der Waals surface area (Å²) in [5.41, 5.74) is 5.93. The highest BCUT2D eigenvalue weighted by Gasteiger charge is 2.26. The lowest BCUT2D eigenvalue weighted by Crippen LogP contribution is -2.52. The molecule has 0 bridgehead atoms. The van der Waals surface area contributed by atoms with Gasteiger partial charge in [-0.25, -0.2) is 4.79 Å². The number of carbonyl (C=O) groups excluding carboxylic acids is 3. The molecule has 176 valence electrons. The first-order chi connectivity index (χ1) is 15.7. The number of hydrogen-bond donors (Lipinski definition) is 2. The molecule has 1 saturated heterocycles. The molecule has 3 rings (SSSR count). The number of hydrogen-bond acceptors (Lipinski definition) is 5. The summed E-state index contributed by atoms with van der Waals surface area (Å²) in [4.78, 5) is 46.1. The van der Waals surface area contributed by atoms with Crippen LogP contribution in [0.3, 0.4) is 0 Å². The van der Waals surface area contributed by atoms with Crippen LogP contribution in [0.5, 0.6) is 0 Å². The number of urea groups is 1. The van der Waals surface area contributed by atoms with Gasteiger partial charge in [0.1, 0.15) is 0 Å². The zero-order chi connectivity index (χ0) is 24.0. The molecule has 4 amide bonds. The van der Waals surface area contributed by atoms with Crippen LogP contribution in [0.1, 0.15) is 21.6 Å². The Balaban J connectivity index is 1.72. The zero-order valence-corrected chi connectivity index (χ0v) is 18.4. The van der Waals surface area contributed by atoms with E-state index in [0.29, 0.717) is 18.8 Å². The Morgan fingerprint density at radius 3 is 2.27 bits per heavy atom. The van der Waals surface area contributed by atoms with Crippen molar-refractivity contribution in [3.63, 3.8) is 0 Å². The molecule has 0 aliphatic carbocycles. The molecule has 1 aromatic carbocycles. The summed E-state index contributed by atoms with van der Waals surface area (Å²) < 4.78 is 24.4. The Kier molecular flexibility index (Phi) is 7.88. The summed E-state index contributed by atoms with van der Waals surface area (Å²) >= 11 is 0. The smallest absolute Gasteiger partial charge is 0.322 e. The largest absolute Gasteiger partial charge is 0.324 e. The minimum Gasteiger partial charge on any atom is -0.322 e. The van der Waals surface area contributed by atoms with Crippen LogP contribution in [-0.2, 0) is 11.3 Å². The van der Waals surface area contributed by atoms with Crippen molar-refractivity contribution in [2.75, 3.05) is 38.1 Å². The number of anilines is 1. The Morgan fingerprint density at radius 1 is 1.03 bits per heavy atom. The maximum Gasteiger partial charge on any atom is 0.324 e. The fourth-order valence-electron chi connectivity index (χ4n) is 3.22. The summed E-state index contributed by atoms with van der Waals surface area (Å²) in [5.74, 6) is -2.39. The first-order valence-corrected chi connectivity index (χ1v) is 10.4. The van der Waals surface area contributed by atoms with E-state index in [2.05, 4.69) is 9.88 Å². The van der Waals surface area contributed by atoms with Crippen molar-refractivity contribution in [3.05, 3.63) is 59.4 Å². The summed E-state index contributed by atoms with van der Waals surface area (Å²) in [6.45, 7) is 4.96. The van der Waals surface area contributed by atoms with Crippen LogP contribution in [0, 0.1) is 6.92 Å². The molecular formula is C22H26F2N6O3. The van der Waals surface area contributed by atoms with Crippen molar-refractivity contribution in [3.8, 4) is 0 Å². The molecule has 0 saturated carbocycles. The van der Waals surface area contributed by atoms with E-state index in [1.165, 1.54) is 12.3 Å². The number of halogens is 2. The number of likely N-dealkylation sites (N-methyl/N-ethyl adjacent to an activating group) is 1. The van der Waals surface area contributed by atoms with E-state index in [4.69, 9.17) is 0 Å². The Morgan fingerprint density at radius 2 is 1.70 bits per heavy atom. The molecule has 0 radical (unpaired) electrons. The second-order valence-electron chi connectivity index (χ2n) is 7.78. The van der Waals surface area contributed by atoms with E-state index < -0.39 is 18.2 Å². The van der Waals surface area contributed by atoms with E-state index in [0.717, 1.165) is 24.3 Å². The molecule has 0 spiro atoms. The van der Waals surface area contributed by atoms with Gasteiger partial charge in [-0.1, -0.05) is 17.7 Å². The fourth-order valence-corrected chi connectivity index (χ4v) is 3.22. The summed E-state index contributed by atoms with van der Waals surface area (Å²) in [5, 5.41) is 0. The first-order valence-electron chi connectivity index (χ1n) is 10.4. The number of alkyl halides is 2. The maximum atomic E-state index is 13.3. The number of amides is 4. The third-order valence-corrected chi connectivity index (χ3v) is 5.25. The predicted octanol–water partition coefficient (Wildman–Crippen LogP) is 1.79. The molecule has 9 nitrogen and oxygen atoms in total. The van der Waals surface area contributed by atoms with E-state index in [-0.39, 0.29) is 18.1 Å². The van der Waals surface area contributed by atoms with E-state index in [9.17, 15) is 23.2 Å². The van der Waals surface area contributed by atoms with Gasteiger partial charge in [-0.3, -0.25) is 30.3 Å². The SMILES string of the molecule is Cc1ccc(N(Cc2ccc(C(=O)NNC(=O)C(F)F)cn2)C(=O)N2CCN(C)CC2)cc1. The number of aromatic nitrogens is 1. The molecule has 33 heavy (non-hydrogen) atoms. The molecule has 1 fully saturated rings. The highest BCUT2D eigenvalue weighted by Crippen LogP contribution is 2.20. The summed E-state index contributed by atoms with van der Waals surface area (Å²) in [7, 11) is 2.01. The van der Waals surface area contributed by atoms with Gasteiger partial charge >= 0.3 is 18.4 Å². The number of nitrogens with zero attached hydrogens (tertiary/aromatic N) is 4. The molecule has 2 heterocycles. The summed E-state index contributed by atoms with van der Waals surface area (Å²) in [6.07, 6.45) is -1.98. The highest BCUT2D eigenvalue weighted by atomic mass is 19.3. The number of pyridine rings is 1. The van der Waals surface area contributed by atoms with E-state index in [1.54, 1.807) is 21.3 Å². The number of rotatable bonds is 5. The maximum absolute atomic E-state index is 13.3. The van der Waals surface area contributed by atoms with Crippen LogP contribution in [0.25, 0.3) is 0 Å². The number of hydrazine groups is 1. The first kappa shape index (κ1) is 24.1. The Bertz CT molecular complexity index is 977. The Hall–Kier alpha value is -3.60. The van der Waals surface area contributed by atoms with Crippen molar-refractivity contribution in [2.45, 2.75) is 19.9 Å². The minimum atomic E-state index is -3.24. The lowest BCUT2D eigenvalue weighted by molar-refractivity contribution is -0.132. The molecular weight excluding hydrogens is 434 g/mol. The number of piperazine rings is 1. The van der Waals surface area contributed by atoms with E-state index in [1.807, 2.05) is 43.7 Å².